The Labute approximate surface area is 121 Å². The van der Waals surface area contributed by atoms with Crippen LogP contribution in [-0.2, 0) is 6.54 Å². The fraction of sp³-hybridized carbons (Fsp3) is 0.0667. The van der Waals surface area contributed by atoms with Gasteiger partial charge in [0, 0.05) is 18.9 Å². The number of fused-ring (bicyclic) bond motifs is 1. The smallest absolute Gasteiger partial charge is 0.274 e. The maximum absolute atomic E-state index is 12.2. The summed E-state index contributed by atoms with van der Waals surface area (Å²) in [6.45, 7) is 0.362. The molecule has 0 unspecified atom stereocenters. The summed E-state index contributed by atoms with van der Waals surface area (Å²) in [5.74, 6) is -0.230. The average Bonchev–Trinajstić information content (AvgIpc) is 2.53. The highest BCUT2D eigenvalue weighted by atomic mass is 16.1. The van der Waals surface area contributed by atoms with Gasteiger partial charge in [-0.25, -0.2) is 9.97 Å². The summed E-state index contributed by atoms with van der Waals surface area (Å²) in [5, 5.41) is 2.76. The molecule has 0 aliphatic heterocycles. The van der Waals surface area contributed by atoms with Crippen LogP contribution in [0.4, 0.5) is 5.82 Å². The van der Waals surface area contributed by atoms with Crippen molar-refractivity contribution in [2.75, 3.05) is 5.73 Å². The van der Waals surface area contributed by atoms with E-state index in [1.165, 1.54) is 0 Å². The van der Waals surface area contributed by atoms with Gasteiger partial charge in [0.05, 0.1) is 11.0 Å². The molecule has 0 saturated heterocycles. The maximum Gasteiger partial charge on any atom is 0.274 e. The van der Waals surface area contributed by atoms with Crippen LogP contribution in [0.25, 0.3) is 11.0 Å². The molecule has 0 bridgehead atoms. The normalized spacial score (nSPS) is 10.5. The van der Waals surface area contributed by atoms with Crippen LogP contribution in [0.2, 0.25) is 0 Å². The highest BCUT2D eigenvalue weighted by molar-refractivity contribution is 5.98. The molecule has 2 aromatic heterocycles. The van der Waals surface area contributed by atoms with E-state index >= 15 is 0 Å². The lowest BCUT2D eigenvalue weighted by Crippen LogP contribution is -2.25. The summed E-state index contributed by atoms with van der Waals surface area (Å²) in [4.78, 5) is 24.6. The number of amides is 1. The second-order valence-electron chi connectivity index (χ2n) is 4.49. The molecule has 6 nitrogen and oxygen atoms in total. The number of carbonyl (C=O) groups is 1. The molecule has 3 rings (SSSR count). The van der Waals surface area contributed by atoms with Crippen molar-refractivity contribution < 1.29 is 4.79 Å². The van der Waals surface area contributed by atoms with Crippen LogP contribution in [0.3, 0.4) is 0 Å². The van der Waals surface area contributed by atoms with E-state index in [0.717, 1.165) is 5.56 Å². The summed E-state index contributed by atoms with van der Waals surface area (Å²) < 4.78 is 0. The first-order chi connectivity index (χ1) is 10.2. The molecule has 0 radical (unpaired) electrons. The Morgan fingerprint density at radius 3 is 2.57 bits per heavy atom. The van der Waals surface area contributed by atoms with Gasteiger partial charge in [0.25, 0.3) is 5.91 Å². The Morgan fingerprint density at radius 1 is 1.10 bits per heavy atom. The van der Waals surface area contributed by atoms with Gasteiger partial charge in [0.1, 0.15) is 0 Å². The zero-order chi connectivity index (χ0) is 14.7. The van der Waals surface area contributed by atoms with Gasteiger partial charge in [0.15, 0.2) is 11.5 Å². The van der Waals surface area contributed by atoms with Gasteiger partial charge in [0.2, 0.25) is 0 Å². The standard InChI is InChI=1S/C15H13N5O/c16-14-13(19-11-5-1-2-6-12(11)20-14)15(21)18-9-10-4-3-7-17-8-10/h1-8H,9H2,(H2,16,20)(H,18,21). The first-order valence-electron chi connectivity index (χ1n) is 6.43. The van der Waals surface area contributed by atoms with Crippen LogP contribution in [0.1, 0.15) is 16.1 Å². The molecule has 0 aliphatic carbocycles. The van der Waals surface area contributed by atoms with E-state index < -0.39 is 0 Å². The lowest BCUT2D eigenvalue weighted by molar-refractivity contribution is 0.0947. The molecule has 3 N–H and O–H groups in total. The quantitative estimate of drug-likeness (QED) is 0.758. The van der Waals surface area contributed by atoms with E-state index in [0.29, 0.717) is 17.6 Å². The zero-order valence-electron chi connectivity index (χ0n) is 11.2. The summed E-state index contributed by atoms with van der Waals surface area (Å²) in [6, 6.07) is 11.0. The molecule has 0 fully saturated rings. The fourth-order valence-electron chi connectivity index (χ4n) is 1.95. The van der Waals surface area contributed by atoms with Crippen molar-refractivity contribution in [3.63, 3.8) is 0 Å². The number of carbonyl (C=O) groups excluding carboxylic acids is 1. The van der Waals surface area contributed by atoms with Crippen molar-refractivity contribution in [2.45, 2.75) is 6.54 Å². The Kier molecular flexibility index (Phi) is 3.42. The van der Waals surface area contributed by atoms with E-state index in [-0.39, 0.29) is 17.4 Å². The lowest BCUT2D eigenvalue weighted by atomic mass is 10.2. The molecule has 2 heterocycles. The number of nitrogens with zero attached hydrogens (tertiary/aromatic N) is 3. The molecule has 6 heteroatoms. The molecule has 1 amide bonds. The van der Waals surface area contributed by atoms with Crippen molar-refractivity contribution >= 4 is 22.8 Å². The number of rotatable bonds is 3. The number of anilines is 1. The minimum atomic E-state index is -0.352. The SMILES string of the molecule is Nc1nc2ccccc2nc1C(=O)NCc1cccnc1. The highest BCUT2D eigenvalue weighted by Gasteiger charge is 2.13. The van der Waals surface area contributed by atoms with Crippen molar-refractivity contribution in [1.29, 1.82) is 0 Å². The lowest BCUT2D eigenvalue weighted by Gasteiger charge is -2.07. The summed E-state index contributed by atoms with van der Waals surface area (Å²) in [6.07, 6.45) is 3.37. The van der Waals surface area contributed by atoms with E-state index in [2.05, 4.69) is 20.3 Å². The molecule has 0 aliphatic rings. The van der Waals surface area contributed by atoms with Crippen LogP contribution in [-0.4, -0.2) is 20.9 Å². The van der Waals surface area contributed by atoms with Crippen LogP contribution in [0, 0.1) is 0 Å². The summed E-state index contributed by atoms with van der Waals surface area (Å²) in [5.41, 5.74) is 8.15. The topological polar surface area (TPSA) is 93.8 Å². The van der Waals surface area contributed by atoms with E-state index in [9.17, 15) is 4.79 Å². The molecule has 1 aromatic carbocycles. The second kappa shape index (κ2) is 5.54. The average molecular weight is 279 g/mol. The van der Waals surface area contributed by atoms with Crippen LogP contribution in [0.15, 0.2) is 48.8 Å². The van der Waals surface area contributed by atoms with Crippen LogP contribution >= 0.6 is 0 Å². The van der Waals surface area contributed by atoms with Gasteiger partial charge in [-0.1, -0.05) is 18.2 Å². The predicted octanol–water partition coefficient (Wildman–Crippen LogP) is 1.54. The van der Waals surface area contributed by atoms with Crippen molar-refractivity contribution in [2.24, 2.45) is 0 Å². The van der Waals surface area contributed by atoms with Gasteiger partial charge in [-0.3, -0.25) is 9.78 Å². The third kappa shape index (κ3) is 2.79. The van der Waals surface area contributed by atoms with Crippen LogP contribution in [0.5, 0.6) is 0 Å². The van der Waals surface area contributed by atoms with Gasteiger partial charge in [-0.15, -0.1) is 0 Å². The number of pyridine rings is 1. The Morgan fingerprint density at radius 2 is 1.86 bits per heavy atom. The Balaban J connectivity index is 1.82. The fourth-order valence-corrected chi connectivity index (χ4v) is 1.95. The molecule has 21 heavy (non-hydrogen) atoms. The third-order valence-electron chi connectivity index (χ3n) is 2.99. The largest absolute Gasteiger partial charge is 0.382 e. The molecule has 0 spiro atoms. The number of aromatic nitrogens is 3. The molecule has 0 saturated carbocycles. The minimum Gasteiger partial charge on any atom is -0.382 e. The highest BCUT2D eigenvalue weighted by Crippen LogP contribution is 2.14. The molecular weight excluding hydrogens is 266 g/mol. The molecule has 0 atom stereocenters. The summed E-state index contributed by atoms with van der Waals surface area (Å²) in [7, 11) is 0. The number of hydrogen-bond donors (Lipinski definition) is 2. The summed E-state index contributed by atoms with van der Waals surface area (Å²) >= 11 is 0. The first kappa shape index (κ1) is 13.0. The van der Waals surface area contributed by atoms with E-state index in [1.807, 2.05) is 24.3 Å². The molecular formula is C15H13N5O. The van der Waals surface area contributed by atoms with Gasteiger partial charge in [-0.05, 0) is 23.8 Å². The van der Waals surface area contributed by atoms with Gasteiger partial charge in [-0.2, -0.15) is 0 Å². The van der Waals surface area contributed by atoms with Crippen molar-refractivity contribution in [3.05, 3.63) is 60.0 Å². The monoisotopic (exact) mass is 279 g/mol. The van der Waals surface area contributed by atoms with Crippen molar-refractivity contribution in [3.8, 4) is 0 Å². The predicted molar refractivity (Wildman–Crippen MR) is 79.4 cm³/mol. The maximum atomic E-state index is 12.2. The number of nitrogens with two attached hydrogens (primary N) is 1. The first-order valence-corrected chi connectivity index (χ1v) is 6.43. The number of nitrogens with one attached hydrogen (secondary N) is 1. The number of benzene rings is 1. The van der Waals surface area contributed by atoms with Gasteiger partial charge < -0.3 is 11.1 Å². The van der Waals surface area contributed by atoms with E-state index in [1.54, 1.807) is 24.5 Å². The zero-order valence-corrected chi connectivity index (χ0v) is 11.2. The number of para-hydroxylation sites is 2. The van der Waals surface area contributed by atoms with E-state index in [4.69, 9.17) is 5.73 Å². The van der Waals surface area contributed by atoms with Crippen molar-refractivity contribution in [1.82, 2.24) is 20.3 Å². The van der Waals surface area contributed by atoms with Gasteiger partial charge >= 0.3 is 0 Å². The molecule has 3 aromatic rings. The number of hydrogen-bond acceptors (Lipinski definition) is 5. The van der Waals surface area contributed by atoms with Crippen LogP contribution < -0.4 is 11.1 Å². The second-order valence-corrected chi connectivity index (χ2v) is 4.49. The third-order valence-corrected chi connectivity index (χ3v) is 2.99. The minimum absolute atomic E-state index is 0.123. The molecule has 104 valence electrons. The Hall–Kier alpha value is -3.02. The number of nitrogen functional groups attached to an aromatic ring is 1. The Bertz CT molecular complexity index is 788.